The number of aryl methyl sites for hydroxylation is 1. The van der Waals surface area contributed by atoms with E-state index in [1.165, 1.54) is 0 Å². The van der Waals surface area contributed by atoms with Gasteiger partial charge in [-0.15, -0.1) is 0 Å². The van der Waals surface area contributed by atoms with E-state index < -0.39 is 0 Å². The second-order valence-electron chi connectivity index (χ2n) is 4.88. The van der Waals surface area contributed by atoms with E-state index in [2.05, 4.69) is 12.2 Å². The summed E-state index contributed by atoms with van der Waals surface area (Å²) in [4.78, 5) is 0. The first kappa shape index (κ1) is 12.5. The van der Waals surface area contributed by atoms with Gasteiger partial charge in [-0.25, -0.2) is 4.39 Å². The molecule has 1 heterocycles. The van der Waals surface area contributed by atoms with Crippen LogP contribution in [0.4, 0.5) is 4.39 Å². The van der Waals surface area contributed by atoms with E-state index in [0.29, 0.717) is 11.5 Å². The molecule has 1 N–H and O–H groups in total. The Balaban J connectivity index is 2.25. The first-order chi connectivity index (χ1) is 8.13. The quantitative estimate of drug-likeness (QED) is 0.872. The van der Waals surface area contributed by atoms with Gasteiger partial charge in [0, 0.05) is 6.61 Å². The zero-order valence-corrected chi connectivity index (χ0v) is 10.7. The average molecular weight is 237 g/mol. The van der Waals surface area contributed by atoms with Crippen molar-refractivity contribution in [2.24, 2.45) is 5.92 Å². The normalized spacial score (nSPS) is 26.1. The Morgan fingerprint density at radius 2 is 2.24 bits per heavy atom. The minimum atomic E-state index is -0.145. The molecule has 1 aromatic carbocycles. The number of benzene rings is 1. The van der Waals surface area contributed by atoms with Gasteiger partial charge in [-0.3, -0.25) is 0 Å². The molecule has 1 fully saturated rings. The number of hydrogen-bond donors (Lipinski definition) is 1. The van der Waals surface area contributed by atoms with Gasteiger partial charge in [0.1, 0.15) is 5.82 Å². The maximum absolute atomic E-state index is 13.6. The molecule has 0 amide bonds. The number of likely N-dealkylation sites (N-methyl/N-ethyl adjacent to an activating group) is 1. The molecule has 3 heteroatoms. The van der Waals surface area contributed by atoms with Crippen LogP contribution in [0, 0.1) is 18.7 Å². The van der Waals surface area contributed by atoms with E-state index in [-0.39, 0.29) is 18.0 Å². The smallest absolute Gasteiger partial charge is 0.126 e. The Hall–Kier alpha value is -0.930. The molecule has 94 valence electrons. The van der Waals surface area contributed by atoms with Gasteiger partial charge in [0.25, 0.3) is 0 Å². The van der Waals surface area contributed by atoms with Gasteiger partial charge in [0.05, 0.1) is 12.1 Å². The summed E-state index contributed by atoms with van der Waals surface area (Å²) in [6.45, 7) is 4.77. The van der Waals surface area contributed by atoms with Crippen molar-refractivity contribution in [3.8, 4) is 0 Å². The molecule has 1 aliphatic rings. The van der Waals surface area contributed by atoms with Crippen molar-refractivity contribution in [1.29, 1.82) is 0 Å². The van der Waals surface area contributed by atoms with E-state index in [9.17, 15) is 4.39 Å². The van der Waals surface area contributed by atoms with Crippen LogP contribution in [0.15, 0.2) is 18.2 Å². The number of hydrogen-bond acceptors (Lipinski definition) is 2. The fourth-order valence-corrected chi connectivity index (χ4v) is 2.47. The molecule has 3 unspecified atom stereocenters. The van der Waals surface area contributed by atoms with E-state index in [0.717, 1.165) is 18.6 Å². The third-order valence-corrected chi connectivity index (χ3v) is 3.64. The summed E-state index contributed by atoms with van der Waals surface area (Å²) in [5.74, 6) is 0.366. The number of halogens is 1. The largest absolute Gasteiger partial charge is 0.376 e. The molecule has 0 saturated carbocycles. The zero-order chi connectivity index (χ0) is 12.4. The average Bonchev–Trinajstić information content (AvgIpc) is 2.71. The van der Waals surface area contributed by atoms with Gasteiger partial charge in [0.15, 0.2) is 0 Å². The molecular formula is C14H20FNO. The molecule has 1 aliphatic heterocycles. The van der Waals surface area contributed by atoms with E-state index in [1.807, 2.05) is 19.2 Å². The number of nitrogens with one attached hydrogen (secondary N) is 1. The minimum Gasteiger partial charge on any atom is -0.376 e. The van der Waals surface area contributed by atoms with Gasteiger partial charge >= 0.3 is 0 Å². The van der Waals surface area contributed by atoms with Crippen molar-refractivity contribution < 1.29 is 9.13 Å². The van der Waals surface area contributed by atoms with Gasteiger partial charge in [0.2, 0.25) is 0 Å². The summed E-state index contributed by atoms with van der Waals surface area (Å²) in [5.41, 5.74) is 1.65. The predicted octanol–water partition coefficient (Wildman–Crippen LogP) is 2.82. The Bertz CT molecular complexity index is 394. The Labute approximate surface area is 102 Å². The molecule has 1 aromatic rings. The highest BCUT2D eigenvalue weighted by Crippen LogP contribution is 2.31. The van der Waals surface area contributed by atoms with Crippen LogP contribution in [0.3, 0.4) is 0 Å². The molecule has 1 saturated heterocycles. The van der Waals surface area contributed by atoms with E-state index in [4.69, 9.17) is 4.74 Å². The predicted molar refractivity (Wildman–Crippen MR) is 66.5 cm³/mol. The summed E-state index contributed by atoms with van der Waals surface area (Å²) in [6, 6.07) is 5.50. The van der Waals surface area contributed by atoms with E-state index >= 15 is 0 Å². The third-order valence-electron chi connectivity index (χ3n) is 3.64. The van der Waals surface area contributed by atoms with Crippen LogP contribution >= 0.6 is 0 Å². The van der Waals surface area contributed by atoms with Crippen molar-refractivity contribution in [2.75, 3.05) is 13.7 Å². The molecule has 2 nitrogen and oxygen atoms in total. The summed E-state index contributed by atoms with van der Waals surface area (Å²) in [7, 11) is 1.90. The highest BCUT2D eigenvalue weighted by Gasteiger charge is 2.32. The van der Waals surface area contributed by atoms with Crippen molar-refractivity contribution >= 4 is 0 Å². The number of ether oxygens (including phenoxy) is 1. The molecule has 17 heavy (non-hydrogen) atoms. The van der Waals surface area contributed by atoms with Crippen LogP contribution < -0.4 is 5.32 Å². The first-order valence-electron chi connectivity index (χ1n) is 6.18. The maximum atomic E-state index is 13.6. The monoisotopic (exact) mass is 237 g/mol. The molecule has 2 rings (SSSR count). The van der Waals surface area contributed by atoms with Crippen LogP contribution in [0.25, 0.3) is 0 Å². The highest BCUT2D eigenvalue weighted by molar-refractivity contribution is 5.27. The Morgan fingerprint density at radius 3 is 2.76 bits per heavy atom. The van der Waals surface area contributed by atoms with Crippen LogP contribution in [-0.4, -0.2) is 19.8 Å². The van der Waals surface area contributed by atoms with Crippen molar-refractivity contribution in [3.05, 3.63) is 35.1 Å². The topological polar surface area (TPSA) is 21.3 Å². The van der Waals surface area contributed by atoms with Crippen LogP contribution in [0.1, 0.15) is 30.5 Å². The second kappa shape index (κ2) is 5.15. The van der Waals surface area contributed by atoms with Crippen LogP contribution in [0.5, 0.6) is 0 Å². The first-order valence-corrected chi connectivity index (χ1v) is 6.18. The van der Waals surface area contributed by atoms with E-state index in [1.54, 1.807) is 13.0 Å². The lowest BCUT2D eigenvalue weighted by Crippen LogP contribution is -2.32. The lowest BCUT2D eigenvalue weighted by molar-refractivity contribution is 0.0630. The molecule has 0 aliphatic carbocycles. The van der Waals surface area contributed by atoms with Gasteiger partial charge in [-0.1, -0.05) is 19.1 Å². The molecule has 3 atom stereocenters. The van der Waals surface area contributed by atoms with Gasteiger partial charge in [-0.05, 0) is 43.5 Å². The van der Waals surface area contributed by atoms with Gasteiger partial charge < -0.3 is 10.1 Å². The molecule has 0 spiro atoms. The Morgan fingerprint density at radius 1 is 1.47 bits per heavy atom. The summed E-state index contributed by atoms with van der Waals surface area (Å²) in [6.07, 6.45) is 1.22. The van der Waals surface area contributed by atoms with Crippen molar-refractivity contribution in [2.45, 2.75) is 32.4 Å². The zero-order valence-electron chi connectivity index (χ0n) is 10.7. The maximum Gasteiger partial charge on any atom is 0.126 e. The standard InChI is InChI=1S/C14H20FNO/c1-9-4-5-11(8-12(9)15)13(16-3)14-10(2)6-7-17-14/h4-5,8,10,13-14,16H,6-7H2,1-3H3. The van der Waals surface area contributed by atoms with Crippen LogP contribution in [0.2, 0.25) is 0 Å². The SMILES string of the molecule is CNC(c1ccc(C)c(F)c1)C1OCCC1C. The summed E-state index contributed by atoms with van der Waals surface area (Å²) >= 11 is 0. The lowest BCUT2D eigenvalue weighted by Gasteiger charge is -2.26. The fourth-order valence-electron chi connectivity index (χ4n) is 2.47. The highest BCUT2D eigenvalue weighted by atomic mass is 19.1. The molecular weight excluding hydrogens is 217 g/mol. The van der Waals surface area contributed by atoms with Crippen molar-refractivity contribution in [3.63, 3.8) is 0 Å². The number of rotatable bonds is 3. The summed E-state index contributed by atoms with van der Waals surface area (Å²) in [5, 5.41) is 3.25. The van der Waals surface area contributed by atoms with Crippen LogP contribution in [-0.2, 0) is 4.74 Å². The second-order valence-corrected chi connectivity index (χ2v) is 4.88. The Kier molecular flexibility index (Phi) is 3.79. The van der Waals surface area contributed by atoms with Gasteiger partial charge in [-0.2, -0.15) is 0 Å². The molecule has 0 aromatic heterocycles. The lowest BCUT2D eigenvalue weighted by atomic mass is 9.92. The minimum absolute atomic E-state index is 0.0719. The fraction of sp³-hybridized carbons (Fsp3) is 0.571. The molecule has 0 bridgehead atoms. The van der Waals surface area contributed by atoms with Crippen molar-refractivity contribution in [1.82, 2.24) is 5.32 Å². The molecule has 0 radical (unpaired) electrons. The third kappa shape index (κ3) is 2.50. The summed E-state index contributed by atoms with van der Waals surface area (Å²) < 4.78 is 19.3.